The summed E-state index contributed by atoms with van der Waals surface area (Å²) in [5.74, 6) is -0.618. The van der Waals surface area contributed by atoms with Crippen molar-refractivity contribution in [2.75, 3.05) is 17.6 Å². The van der Waals surface area contributed by atoms with E-state index in [0.717, 1.165) is 6.42 Å². The van der Waals surface area contributed by atoms with Crippen LogP contribution in [0.1, 0.15) is 19.8 Å². The van der Waals surface area contributed by atoms with Crippen LogP contribution in [0.15, 0.2) is 18.2 Å². The van der Waals surface area contributed by atoms with Gasteiger partial charge >= 0.3 is 0 Å². The molecule has 1 aromatic carbocycles. The van der Waals surface area contributed by atoms with Gasteiger partial charge in [-0.1, -0.05) is 11.6 Å². The van der Waals surface area contributed by atoms with Gasteiger partial charge in [-0.15, -0.1) is 0 Å². The Morgan fingerprint density at radius 1 is 1.48 bits per heavy atom. The van der Waals surface area contributed by atoms with Gasteiger partial charge in [-0.25, -0.2) is 0 Å². The topological polar surface area (TPSA) is 101 Å². The van der Waals surface area contributed by atoms with Crippen molar-refractivity contribution >= 4 is 34.8 Å². The van der Waals surface area contributed by atoms with E-state index in [9.17, 15) is 9.59 Å². The second-order valence-corrected chi connectivity index (χ2v) is 5.61. The van der Waals surface area contributed by atoms with Gasteiger partial charge in [-0.05, 0) is 44.5 Å². The molecule has 21 heavy (non-hydrogen) atoms. The number of likely N-dealkylation sites (tertiary alicyclic amines) is 1. The third kappa shape index (κ3) is 3.46. The summed E-state index contributed by atoms with van der Waals surface area (Å²) in [6, 6.07) is 4.04. The molecule has 1 fully saturated rings. The van der Waals surface area contributed by atoms with Crippen molar-refractivity contribution in [1.82, 2.24) is 4.90 Å². The molecule has 1 aromatic rings. The largest absolute Gasteiger partial charge is 0.399 e. The predicted octanol–water partition coefficient (Wildman–Crippen LogP) is 1.20. The van der Waals surface area contributed by atoms with Gasteiger partial charge in [0.1, 0.15) is 0 Å². The van der Waals surface area contributed by atoms with E-state index >= 15 is 0 Å². The summed E-state index contributed by atoms with van der Waals surface area (Å²) in [4.78, 5) is 25.5. The van der Waals surface area contributed by atoms with E-state index in [1.54, 1.807) is 25.1 Å². The summed E-state index contributed by atoms with van der Waals surface area (Å²) in [7, 11) is 0. The molecular weight excluding hydrogens is 292 g/mol. The number of primary amides is 1. The molecule has 6 nitrogen and oxygen atoms in total. The van der Waals surface area contributed by atoms with Crippen LogP contribution in [-0.2, 0) is 9.59 Å². The second-order valence-electron chi connectivity index (χ2n) is 5.20. The summed E-state index contributed by atoms with van der Waals surface area (Å²) in [5.41, 5.74) is 12.0. The third-order valence-corrected chi connectivity index (χ3v) is 4.06. The molecule has 2 unspecified atom stereocenters. The number of hydrogen-bond donors (Lipinski definition) is 3. The van der Waals surface area contributed by atoms with E-state index < -0.39 is 11.9 Å². The van der Waals surface area contributed by atoms with Crippen LogP contribution in [0.4, 0.5) is 11.4 Å². The smallest absolute Gasteiger partial charge is 0.241 e. The zero-order chi connectivity index (χ0) is 15.6. The lowest BCUT2D eigenvalue weighted by Crippen LogP contribution is -2.49. The van der Waals surface area contributed by atoms with E-state index in [1.165, 1.54) is 0 Å². The van der Waals surface area contributed by atoms with Crippen LogP contribution in [0.5, 0.6) is 0 Å². The van der Waals surface area contributed by atoms with Crippen molar-refractivity contribution in [3.05, 3.63) is 23.2 Å². The number of carbonyl (C=O) groups excluding carboxylic acids is 2. The number of hydrogen-bond acceptors (Lipinski definition) is 4. The molecule has 2 atom stereocenters. The van der Waals surface area contributed by atoms with Crippen LogP contribution in [0, 0.1) is 0 Å². The van der Waals surface area contributed by atoms with Crippen LogP contribution < -0.4 is 16.8 Å². The average Bonchev–Trinajstić information content (AvgIpc) is 2.90. The number of nitrogens with one attached hydrogen (secondary N) is 1. The monoisotopic (exact) mass is 310 g/mol. The fourth-order valence-corrected chi connectivity index (χ4v) is 2.81. The first kappa shape index (κ1) is 15.6. The molecule has 0 aromatic heterocycles. The van der Waals surface area contributed by atoms with Gasteiger partial charge < -0.3 is 16.8 Å². The van der Waals surface area contributed by atoms with Crippen molar-refractivity contribution < 1.29 is 9.59 Å². The molecule has 0 spiro atoms. The Morgan fingerprint density at radius 3 is 2.81 bits per heavy atom. The van der Waals surface area contributed by atoms with Crippen molar-refractivity contribution in [1.29, 1.82) is 0 Å². The van der Waals surface area contributed by atoms with Crippen LogP contribution in [0.3, 0.4) is 0 Å². The molecule has 1 saturated heterocycles. The molecule has 1 heterocycles. The molecule has 1 aliphatic heterocycles. The number of nitrogens with two attached hydrogens (primary N) is 2. The lowest BCUT2D eigenvalue weighted by atomic mass is 10.1. The molecule has 5 N–H and O–H groups in total. The molecular formula is C14H19ClN4O2. The maximum atomic E-state index is 12.3. The molecule has 0 saturated carbocycles. The Bertz CT molecular complexity index is 564. The third-order valence-electron chi connectivity index (χ3n) is 3.75. The quantitative estimate of drug-likeness (QED) is 0.727. The van der Waals surface area contributed by atoms with Crippen LogP contribution in [0.25, 0.3) is 0 Å². The van der Waals surface area contributed by atoms with Gasteiger partial charge in [0.15, 0.2) is 0 Å². The summed E-state index contributed by atoms with van der Waals surface area (Å²) >= 11 is 6.03. The zero-order valence-electron chi connectivity index (χ0n) is 11.8. The van der Waals surface area contributed by atoms with Gasteiger partial charge in [-0.3, -0.25) is 14.5 Å². The Morgan fingerprint density at radius 2 is 2.19 bits per heavy atom. The number of nitrogens with zero attached hydrogens (tertiary/aromatic N) is 1. The van der Waals surface area contributed by atoms with Gasteiger partial charge in [0, 0.05) is 5.69 Å². The Balaban J connectivity index is 2.07. The second kappa shape index (κ2) is 6.32. The minimum Gasteiger partial charge on any atom is -0.399 e. The highest BCUT2D eigenvalue weighted by Crippen LogP contribution is 2.25. The lowest BCUT2D eigenvalue weighted by Gasteiger charge is -2.27. The van der Waals surface area contributed by atoms with E-state index in [-0.39, 0.29) is 11.9 Å². The Kier molecular flexibility index (Phi) is 4.69. The SMILES string of the molecule is CC(C(=O)Nc1ccc(N)cc1Cl)N1CCCC1C(N)=O. The summed E-state index contributed by atoms with van der Waals surface area (Å²) in [6.45, 7) is 2.43. The first-order chi connectivity index (χ1) is 9.90. The Labute approximate surface area is 128 Å². The first-order valence-corrected chi connectivity index (χ1v) is 7.19. The van der Waals surface area contributed by atoms with Gasteiger partial charge in [0.05, 0.1) is 22.8 Å². The van der Waals surface area contributed by atoms with Crippen LogP contribution in [0.2, 0.25) is 5.02 Å². The minimum absolute atomic E-state index is 0.227. The van der Waals surface area contributed by atoms with E-state index in [1.807, 2.05) is 4.90 Å². The molecule has 1 aliphatic rings. The van der Waals surface area contributed by atoms with E-state index in [0.29, 0.717) is 29.4 Å². The maximum absolute atomic E-state index is 12.3. The highest BCUT2D eigenvalue weighted by molar-refractivity contribution is 6.34. The summed E-state index contributed by atoms with van der Waals surface area (Å²) < 4.78 is 0. The molecule has 2 rings (SSSR count). The van der Waals surface area contributed by atoms with Crippen molar-refractivity contribution in [3.8, 4) is 0 Å². The number of benzene rings is 1. The zero-order valence-corrected chi connectivity index (χ0v) is 12.6. The fraction of sp³-hybridized carbons (Fsp3) is 0.429. The van der Waals surface area contributed by atoms with Crippen LogP contribution >= 0.6 is 11.6 Å². The molecule has 0 aliphatic carbocycles. The highest BCUT2D eigenvalue weighted by atomic mass is 35.5. The van der Waals surface area contributed by atoms with Crippen molar-refractivity contribution in [3.63, 3.8) is 0 Å². The van der Waals surface area contributed by atoms with E-state index in [2.05, 4.69) is 5.32 Å². The molecule has 0 radical (unpaired) electrons. The fourth-order valence-electron chi connectivity index (χ4n) is 2.58. The normalized spacial score (nSPS) is 20.2. The van der Waals surface area contributed by atoms with Gasteiger partial charge in [-0.2, -0.15) is 0 Å². The molecule has 2 amide bonds. The summed E-state index contributed by atoms with van der Waals surface area (Å²) in [5, 5.41) is 3.13. The molecule has 7 heteroatoms. The standard InChI is InChI=1S/C14H19ClN4O2/c1-8(19-6-2-3-12(19)13(17)20)14(21)18-11-5-4-9(16)7-10(11)15/h4-5,7-8,12H,2-3,6,16H2,1H3,(H2,17,20)(H,18,21). The van der Waals surface area contributed by atoms with Crippen LogP contribution in [-0.4, -0.2) is 35.3 Å². The van der Waals surface area contributed by atoms with Gasteiger partial charge in [0.25, 0.3) is 0 Å². The van der Waals surface area contributed by atoms with Crippen molar-refractivity contribution in [2.24, 2.45) is 5.73 Å². The maximum Gasteiger partial charge on any atom is 0.241 e. The molecule has 0 bridgehead atoms. The number of amides is 2. The number of nitrogen functional groups attached to an aromatic ring is 1. The highest BCUT2D eigenvalue weighted by Gasteiger charge is 2.35. The Hall–Kier alpha value is -1.79. The number of carbonyl (C=O) groups is 2. The predicted molar refractivity (Wildman–Crippen MR) is 82.9 cm³/mol. The van der Waals surface area contributed by atoms with Gasteiger partial charge in [0.2, 0.25) is 11.8 Å². The summed E-state index contributed by atoms with van der Waals surface area (Å²) in [6.07, 6.45) is 1.55. The first-order valence-electron chi connectivity index (χ1n) is 6.81. The molecule has 114 valence electrons. The minimum atomic E-state index is -0.460. The number of rotatable bonds is 4. The average molecular weight is 311 g/mol. The van der Waals surface area contributed by atoms with E-state index in [4.69, 9.17) is 23.1 Å². The number of anilines is 2. The number of halogens is 1. The lowest BCUT2D eigenvalue weighted by molar-refractivity contribution is -0.126. The van der Waals surface area contributed by atoms with Crippen molar-refractivity contribution in [2.45, 2.75) is 31.8 Å².